The van der Waals surface area contributed by atoms with Gasteiger partial charge in [0.2, 0.25) is 0 Å². The summed E-state index contributed by atoms with van der Waals surface area (Å²) in [6, 6.07) is 5.74. The van der Waals surface area contributed by atoms with E-state index >= 15 is 0 Å². The van der Waals surface area contributed by atoms with Gasteiger partial charge in [0.25, 0.3) is 0 Å². The number of carbonyl (C=O) groups is 1. The van der Waals surface area contributed by atoms with Crippen molar-refractivity contribution in [3.63, 3.8) is 0 Å². The van der Waals surface area contributed by atoms with Gasteiger partial charge in [0.1, 0.15) is 12.4 Å². The molecule has 2 rings (SSSR count). The number of hydrogen-bond donors (Lipinski definition) is 0. The minimum atomic E-state index is -0.695. The predicted molar refractivity (Wildman–Crippen MR) is 67.0 cm³/mol. The average Bonchev–Trinajstić information content (AvgIpc) is 2.47. The summed E-state index contributed by atoms with van der Waals surface area (Å²) in [5.41, 5.74) is 1.16. The number of ether oxygens (including phenoxy) is 1. The van der Waals surface area contributed by atoms with Gasteiger partial charge < -0.3 is 4.74 Å². The van der Waals surface area contributed by atoms with E-state index in [1.54, 1.807) is 6.92 Å². The van der Waals surface area contributed by atoms with Crippen molar-refractivity contribution in [2.75, 3.05) is 0 Å². The molecule has 0 saturated carbocycles. The maximum absolute atomic E-state index is 13.5. The zero-order valence-electron chi connectivity index (χ0n) is 10.6. The SMILES string of the molecule is Cc1cnc(C(=O)OCc2cc(C#N)ccc2F)cn1. The summed E-state index contributed by atoms with van der Waals surface area (Å²) in [4.78, 5) is 19.5. The second kappa shape index (κ2) is 5.89. The number of carbonyl (C=O) groups excluding carboxylic acids is 1. The summed E-state index contributed by atoms with van der Waals surface area (Å²) >= 11 is 0. The van der Waals surface area contributed by atoms with Gasteiger partial charge in [-0.1, -0.05) is 0 Å². The number of aromatic nitrogens is 2. The predicted octanol–water partition coefficient (Wildman–Crippen LogP) is 2.15. The molecule has 2 aromatic rings. The van der Waals surface area contributed by atoms with Crippen molar-refractivity contribution in [1.29, 1.82) is 5.26 Å². The fourth-order valence-electron chi connectivity index (χ4n) is 1.47. The fraction of sp³-hybridized carbons (Fsp3) is 0.143. The number of halogens is 1. The van der Waals surface area contributed by atoms with Crippen LogP contribution >= 0.6 is 0 Å². The smallest absolute Gasteiger partial charge is 0.358 e. The number of nitriles is 1. The van der Waals surface area contributed by atoms with Crippen LogP contribution in [-0.2, 0) is 11.3 Å². The van der Waals surface area contributed by atoms with E-state index in [0.29, 0.717) is 11.3 Å². The standard InChI is InChI=1S/C14H10FN3O2/c1-9-6-18-13(7-17-9)14(19)20-8-11-4-10(5-16)2-3-12(11)15/h2-4,6-7H,8H2,1H3. The summed E-state index contributed by atoms with van der Waals surface area (Å²) < 4.78 is 18.4. The lowest BCUT2D eigenvalue weighted by molar-refractivity contribution is 0.0461. The molecule has 0 unspecified atom stereocenters. The molecule has 100 valence electrons. The normalized spacial score (nSPS) is 9.85. The summed E-state index contributed by atoms with van der Waals surface area (Å²) in [5.74, 6) is -1.23. The topological polar surface area (TPSA) is 75.9 Å². The summed E-state index contributed by atoms with van der Waals surface area (Å²) in [5, 5.41) is 8.74. The van der Waals surface area contributed by atoms with Gasteiger partial charge in [-0.25, -0.2) is 14.2 Å². The van der Waals surface area contributed by atoms with E-state index in [4.69, 9.17) is 10.00 Å². The summed E-state index contributed by atoms with van der Waals surface area (Å²) in [6.45, 7) is 1.47. The van der Waals surface area contributed by atoms with Crippen LogP contribution in [-0.4, -0.2) is 15.9 Å². The molecule has 0 fully saturated rings. The minimum Gasteiger partial charge on any atom is -0.456 e. The molecule has 6 heteroatoms. The van der Waals surface area contributed by atoms with E-state index in [-0.39, 0.29) is 17.9 Å². The highest BCUT2D eigenvalue weighted by atomic mass is 19.1. The van der Waals surface area contributed by atoms with Gasteiger partial charge in [-0.3, -0.25) is 4.98 Å². The van der Waals surface area contributed by atoms with E-state index in [2.05, 4.69) is 9.97 Å². The van der Waals surface area contributed by atoms with Gasteiger partial charge in [-0.2, -0.15) is 5.26 Å². The maximum Gasteiger partial charge on any atom is 0.358 e. The second-order valence-electron chi connectivity index (χ2n) is 4.04. The van der Waals surface area contributed by atoms with Gasteiger partial charge in [-0.15, -0.1) is 0 Å². The van der Waals surface area contributed by atoms with Gasteiger partial charge in [0, 0.05) is 11.8 Å². The highest BCUT2D eigenvalue weighted by Crippen LogP contribution is 2.12. The van der Waals surface area contributed by atoms with Crippen molar-refractivity contribution in [2.24, 2.45) is 0 Å². The van der Waals surface area contributed by atoms with Crippen LogP contribution in [0, 0.1) is 24.1 Å². The molecule has 0 bridgehead atoms. The van der Waals surface area contributed by atoms with Crippen LogP contribution < -0.4 is 0 Å². The van der Waals surface area contributed by atoms with Gasteiger partial charge in [0.15, 0.2) is 5.69 Å². The second-order valence-corrected chi connectivity index (χ2v) is 4.04. The van der Waals surface area contributed by atoms with Crippen LogP contribution in [0.2, 0.25) is 0 Å². The maximum atomic E-state index is 13.5. The Morgan fingerprint density at radius 3 is 2.85 bits per heavy atom. The third kappa shape index (κ3) is 3.14. The lowest BCUT2D eigenvalue weighted by atomic mass is 10.1. The Morgan fingerprint density at radius 1 is 1.40 bits per heavy atom. The molecular weight excluding hydrogens is 261 g/mol. The van der Waals surface area contributed by atoms with Gasteiger partial charge >= 0.3 is 5.97 Å². The van der Waals surface area contributed by atoms with E-state index in [1.165, 1.54) is 24.5 Å². The van der Waals surface area contributed by atoms with Crippen LogP contribution in [0.4, 0.5) is 4.39 Å². The fourth-order valence-corrected chi connectivity index (χ4v) is 1.47. The Morgan fingerprint density at radius 2 is 2.20 bits per heavy atom. The summed E-state index contributed by atoms with van der Waals surface area (Å²) in [6.07, 6.45) is 2.73. The molecule has 0 aliphatic rings. The Bertz CT molecular complexity index is 678. The van der Waals surface area contributed by atoms with Crippen LogP contribution in [0.15, 0.2) is 30.6 Å². The number of esters is 1. The molecule has 0 amide bonds. The van der Waals surface area contributed by atoms with E-state index in [9.17, 15) is 9.18 Å². The number of aryl methyl sites for hydroxylation is 1. The average molecular weight is 271 g/mol. The third-order valence-corrected chi connectivity index (χ3v) is 2.52. The van der Waals surface area contributed by atoms with Crippen molar-refractivity contribution in [2.45, 2.75) is 13.5 Å². The quantitative estimate of drug-likeness (QED) is 0.799. The van der Waals surface area contributed by atoms with E-state index in [1.807, 2.05) is 6.07 Å². The van der Waals surface area contributed by atoms with E-state index < -0.39 is 11.8 Å². The van der Waals surface area contributed by atoms with Crippen LogP contribution in [0.3, 0.4) is 0 Å². The highest BCUT2D eigenvalue weighted by Gasteiger charge is 2.11. The molecule has 0 spiro atoms. The highest BCUT2D eigenvalue weighted by molar-refractivity contribution is 5.86. The van der Waals surface area contributed by atoms with Gasteiger partial charge in [-0.05, 0) is 25.1 Å². The number of benzene rings is 1. The van der Waals surface area contributed by atoms with Crippen molar-refractivity contribution in [3.05, 3.63) is 58.9 Å². The molecular formula is C14H10FN3O2. The van der Waals surface area contributed by atoms with Crippen molar-refractivity contribution < 1.29 is 13.9 Å². The van der Waals surface area contributed by atoms with Crippen LogP contribution in [0.25, 0.3) is 0 Å². The van der Waals surface area contributed by atoms with Gasteiger partial charge in [0.05, 0.1) is 23.5 Å². The Labute approximate surface area is 114 Å². The van der Waals surface area contributed by atoms with Crippen molar-refractivity contribution in [3.8, 4) is 6.07 Å². The molecule has 1 heterocycles. The first kappa shape index (κ1) is 13.6. The number of hydrogen-bond acceptors (Lipinski definition) is 5. The lowest BCUT2D eigenvalue weighted by Gasteiger charge is -2.05. The monoisotopic (exact) mass is 271 g/mol. The molecule has 0 aliphatic heterocycles. The molecule has 0 N–H and O–H groups in total. The first-order chi connectivity index (χ1) is 9.60. The minimum absolute atomic E-state index is 0.0486. The summed E-state index contributed by atoms with van der Waals surface area (Å²) in [7, 11) is 0. The Balaban J connectivity index is 2.07. The molecule has 1 aromatic carbocycles. The molecule has 0 aliphatic carbocycles. The first-order valence-corrected chi connectivity index (χ1v) is 5.74. The molecule has 0 saturated heterocycles. The molecule has 20 heavy (non-hydrogen) atoms. The number of nitrogens with zero attached hydrogens (tertiary/aromatic N) is 3. The molecule has 0 radical (unpaired) electrons. The Hall–Kier alpha value is -2.81. The Kier molecular flexibility index (Phi) is 4.01. The number of rotatable bonds is 3. The van der Waals surface area contributed by atoms with Crippen molar-refractivity contribution >= 4 is 5.97 Å². The zero-order chi connectivity index (χ0) is 14.5. The molecule has 0 atom stereocenters. The zero-order valence-corrected chi connectivity index (χ0v) is 10.6. The van der Waals surface area contributed by atoms with Crippen LogP contribution in [0.5, 0.6) is 0 Å². The van der Waals surface area contributed by atoms with Crippen LogP contribution in [0.1, 0.15) is 27.3 Å². The molecule has 5 nitrogen and oxygen atoms in total. The van der Waals surface area contributed by atoms with Crippen molar-refractivity contribution in [1.82, 2.24) is 9.97 Å². The third-order valence-electron chi connectivity index (χ3n) is 2.52. The largest absolute Gasteiger partial charge is 0.456 e. The first-order valence-electron chi connectivity index (χ1n) is 5.74. The lowest BCUT2D eigenvalue weighted by Crippen LogP contribution is -2.09. The molecule has 1 aromatic heterocycles. The van der Waals surface area contributed by atoms with E-state index in [0.717, 1.165) is 6.07 Å².